The minimum Gasteiger partial charge on any atom is -0.379 e. The average Bonchev–Trinajstić information content (AvgIpc) is 1.82. The van der Waals surface area contributed by atoms with Crippen LogP contribution in [-0.4, -0.2) is 35.9 Å². The summed E-state index contributed by atoms with van der Waals surface area (Å²) in [5.41, 5.74) is 0. The van der Waals surface area contributed by atoms with E-state index in [-0.39, 0.29) is 6.61 Å². The van der Waals surface area contributed by atoms with Gasteiger partial charge >= 0.3 is 0 Å². The van der Waals surface area contributed by atoms with E-state index in [9.17, 15) is 5.11 Å². The molecule has 0 fully saturated rings. The summed E-state index contributed by atoms with van der Waals surface area (Å²) in [4.78, 5) is 1.72. The Hall–Kier alpha value is -0.120. The summed E-state index contributed by atoms with van der Waals surface area (Å²) in [6.07, 6.45) is -0.482. The van der Waals surface area contributed by atoms with Crippen LogP contribution in [0.1, 0.15) is 13.8 Å². The molecule has 55 valence electrons. The van der Waals surface area contributed by atoms with Gasteiger partial charge in [0.2, 0.25) is 0 Å². The quantitative estimate of drug-likeness (QED) is 0.550. The lowest BCUT2D eigenvalue weighted by Gasteiger charge is -2.21. The van der Waals surface area contributed by atoms with Gasteiger partial charge in [0.15, 0.2) is 0 Å². The zero-order chi connectivity index (χ0) is 7.28. The van der Waals surface area contributed by atoms with Crippen molar-refractivity contribution in [1.29, 1.82) is 0 Å². The maximum absolute atomic E-state index is 10.1. The summed E-state index contributed by atoms with van der Waals surface area (Å²) in [7, 11) is 0. The van der Waals surface area contributed by atoms with E-state index in [1.165, 1.54) is 0 Å². The van der Waals surface area contributed by atoms with Crippen molar-refractivity contribution in [2.24, 2.45) is 0 Å². The molecular formula is C6H14NO2. The summed E-state index contributed by atoms with van der Waals surface area (Å²) >= 11 is 0. The molecule has 0 aliphatic carbocycles. The monoisotopic (exact) mass is 132 g/mol. The van der Waals surface area contributed by atoms with Crippen molar-refractivity contribution in [3.8, 4) is 0 Å². The molecule has 0 aromatic rings. The normalized spacial score (nSPS) is 14.3. The highest BCUT2D eigenvalue weighted by molar-refractivity contribution is 4.52. The number of hydrogen-bond acceptors (Lipinski definition) is 2. The molecular weight excluding hydrogens is 118 g/mol. The average molecular weight is 132 g/mol. The molecule has 1 N–H and O–H groups in total. The van der Waals surface area contributed by atoms with Crippen molar-refractivity contribution in [3.63, 3.8) is 0 Å². The molecule has 0 saturated carbocycles. The van der Waals surface area contributed by atoms with Crippen LogP contribution < -0.4 is 0 Å². The molecule has 1 radical (unpaired) electrons. The van der Waals surface area contributed by atoms with Crippen molar-refractivity contribution in [3.05, 3.63) is 0 Å². The Morgan fingerprint density at radius 3 is 2.33 bits per heavy atom. The van der Waals surface area contributed by atoms with Gasteiger partial charge in [-0.1, -0.05) is 6.92 Å². The molecule has 0 rings (SSSR count). The molecule has 0 saturated heterocycles. The first-order chi connectivity index (χ1) is 4.22. The maximum atomic E-state index is 10.1. The second-order valence-electron chi connectivity index (χ2n) is 1.96. The zero-order valence-electron chi connectivity index (χ0n) is 6.00. The van der Waals surface area contributed by atoms with E-state index in [2.05, 4.69) is 0 Å². The fourth-order valence-electron chi connectivity index (χ4n) is 0.726. The van der Waals surface area contributed by atoms with Gasteiger partial charge in [-0.25, -0.2) is 5.11 Å². The van der Waals surface area contributed by atoms with Crippen LogP contribution in [0.15, 0.2) is 0 Å². The van der Waals surface area contributed by atoms with Crippen molar-refractivity contribution in [2.75, 3.05) is 19.7 Å². The van der Waals surface area contributed by atoms with E-state index in [1.807, 2.05) is 6.92 Å². The van der Waals surface area contributed by atoms with Gasteiger partial charge < -0.3 is 5.11 Å². The van der Waals surface area contributed by atoms with Crippen LogP contribution in [-0.2, 0) is 5.11 Å². The molecule has 3 nitrogen and oxygen atoms in total. The fraction of sp³-hybridized carbons (Fsp3) is 1.00. The van der Waals surface area contributed by atoms with Gasteiger partial charge in [0.25, 0.3) is 0 Å². The first-order valence-corrected chi connectivity index (χ1v) is 3.22. The first-order valence-electron chi connectivity index (χ1n) is 3.22. The van der Waals surface area contributed by atoms with Gasteiger partial charge in [-0.05, 0) is 13.5 Å². The highest BCUT2D eigenvalue weighted by atomic mass is 16.3. The lowest BCUT2D eigenvalue weighted by atomic mass is 10.4. The van der Waals surface area contributed by atoms with Gasteiger partial charge in [-0.15, -0.1) is 0 Å². The van der Waals surface area contributed by atoms with Crippen LogP contribution in [0.5, 0.6) is 0 Å². The largest absolute Gasteiger partial charge is 0.379 e. The summed E-state index contributed by atoms with van der Waals surface area (Å²) in [6.45, 7) is 4.62. The van der Waals surface area contributed by atoms with Crippen LogP contribution in [0, 0.1) is 0 Å². The van der Waals surface area contributed by atoms with E-state index in [4.69, 9.17) is 5.11 Å². The van der Waals surface area contributed by atoms with E-state index >= 15 is 0 Å². The summed E-state index contributed by atoms with van der Waals surface area (Å²) in [6, 6.07) is 0. The molecule has 0 bridgehead atoms. The minimum absolute atomic E-state index is 0.140. The van der Waals surface area contributed by atoms with Crippen molar-refractivity contribution >= 4 is 0 Å². The second kappa shape index (κ2) is 4.73. The van der Waals surface area contributed by atoms with Gasteiger partial charge in [0.05, 0.1) is 6.61 Å². The summed E-state index contributed by atoms with van der Waals surface area (Å²) in [5, 5.41) is 19.0. The van der Waals surface area contributed by atoms with E-state index < -0.39 is 6.23 Å². The van der Waals surface area contributed by atoms with E-state index in [0.717, 1.165) is 6.54 Å². The van der Waals surface area contributed by atoms with Crippen LogP contribution in [0.2, 0.25) is 0 Å². The lowest BCUT2D eigenvalue weighted by molar-refractivity contribution is 0.00446. The first kappa shape index (κ1) is 8.88. The Bertz CT molecular complexity index is 66.1. The van der Waals surface area contributed by atoms with Crippen LogP contribution in [0.25, 0.3) is 0 Å². The highest BCUT2D eigenvalue weighted by Crippen LogP contribution is 1.91. The SMILES string of the molecule is CCN(CC[O])C(C)O. The van der Waals surface area contributed by atoms with Gasteiger partial charge in [-0.3, -0.25) is 4.90 Å². The van der Waals surface area contributed by atoms with E-state index in [0.29, 0.717) is 6.54 Å². The second-order valence-corrected chi connectivity index (χ2v) is 1.96. The molecule has 0 aromatic heterocycles. The Balaban J connectivity index is 3.41. The standard InChI is InChI=1S/C6H14NO2/c1-3-7(4-5-8)6(2)9/h6,9H,3-5H2,1-2H3. The molecule has 0 spiro atoms. The molecule has 0 heterocycles. The summed E-state index contributed by atoms with van der Waals surface area (Å²) < 4.78 is 0. The van der Waals surface area contributed by atoms with E-state index in [1.54, 1.807) is 11.8 Å². The molecule has 0 amide bonds. The molecule has 1 atom stereocenters. The smallest absolute Gasteiger partial charge is 0.104 e. The number of nitrogens with zero attached hydrogens (tertiary/aromatic N) is 1. The Kier molecular flexibility index (Phi) is 4.67. The molecule has 3 heteroatoms. The number of rotatable bonds is 4. The molecule has 0 aliphatic heterocycles. The highest BCUT2D eigenvalue weighted by Gasteiger charge is 2.05. The lowest BCUT2D eigenvalue weighted by Crippen LogP contribution is -2.34. The number of likely N-dealkylation sites (N-methyl/N-ethyl adjacent to an activating group) is 1. The summed E-state index contributed by atoms with van der Waals surface area (Å²) in [5.74, 6) is 0. The minimum atomic E-state index is -0.482. The Morgan fingerprint density at radius 2 is 2.22 bits per heavy atom. The Morgan fingerprint density at radius 1 is 1.67 bits per heavy atom. The van der Waals surface area contributed by atoms with Crippen LogP contribution in [0.4, 0.5) is 0 Å². The number of aliphatic hydroxyl groups is 1. The molecule has 9 heavy (non-hydrogen) atoms. The molecule has 0 aromatic carbocycles. The third kappa shape index (κ3) is 3.46. The fourth-order valence-corrected chi connectivity index (χ4v) is 0.726. The van der Waals surface area contributed by atoms with Crippen molar-refractivity contribution in [2.45, 2.75) is 20.1 Å². The number of hydrogen-bond donors (Lipinski definition) is 1. The van der Waals surface area contributed by atoms with Crippen LogP contribution >= 0.6 is 0 Å². The van der Waals surface area contributed by atoms with Crippen molar-refractivity contribution < 1.29 is 10.2 Å². The van der Waals surface area contributed by atoms with Crippen molar-refractivity contribution in [1.82, 2.24) is 4.90 Å². The topological polar surface area (TPSA) is 43.4 Å². The van der Waals surface area contributed by atoms with Gasteiger partial charge in [-0.2, -0.15) is 0 Å². The molecule has 1 unspecified atom stereocenters. The zero-order valence-corrected chi connectivity index (χ0v) is 6.00. The Labute approximate surface area is 55.9 Å². The van der Waals surface area contributed by atoms with Crippen LogP contribution in [0.3, 0.4) is 0 Å². The molecule has 0 aliphatic rings. The predicted molar refractivity (Wildman–Crippen MR) is 34.5 cm³/mol. The van der Waals surface area contributed by atoms with Gasteiger partial charge in [0, 0.05) is 6.54 Å². The maximum Gasteiger partial charge on any atom is 0.104 e. The number of aliphatic hydroxyl groups excluding tert-OH is 1. The third-order valence-corrected chi connectivity index (χ3v) is 1.31. The predicted octanol–water partition coefficient (Wildman–Crippen LogP) is 0.0771. The van der Waals surface area contributed by atoms with Gasteiger partial charge in [0.1, 0.15) is 6.23 Å². The third-order valence-electron chi connectivity index (χ3n) is 1.31.